The molecule has 0 fully saturated rings. The Morgan fingerprint density at radius 3 is 3.11 bits per heavy atom. The molecule has 0 aliphatic heterocycles. The van der Waals surface area contributed by atoms with Crippen molar-refractivity contribution in [2.45, 2.75) is 0 Å². The molecule has 0 atom stereocenters. The van der Waals surface area contributed by atoms with Gasteiger partial charge in [-0.15, -0.1) is 5.73 Å². The fraction of sp³-hybridized carbons (Fsp3) is 0. The second-order valence-corrected chi connectivity index (χ2v) is 1.65. The Bertz CT molecular complexity index is 225. The van der Waals surface area contributed by atoms with E-state index in [9.17, 15) is 4.79 Å². The van der Waals surface area contributed by atoms with Crippen LogP contribution in [0.2, 0.25) is 0 Å². The quantitative estimate of drug-likeness (QED) is 0.375. The molecule has 9 heavy (non-hydrogen) atoms. The van der Waals surface area contributed by atoms with Crippen molar-refractivity contribution in [1.29, 1.82) is 0 Å². The predicted octanol–water partition coefficient (Wildman–Crippen LogP) is 1.39. The minimum absolute atomic E-state index is 0.653. The lowest BCUT2D eigenvalue weighted by molar-refractivity contribution is -0.104. The molecule has 0 radical (unpaired) electrons. The Kier molecular flexibility index (Phi) is 1.84. The summed E-state index contributed by atoms with van der Waals surface area (Å²) >= 11 is 0. The van der Waals surface area contributed by atoms with Crippen LogP contribution in [0.5, 0.6) is 0 Å². The van der Waals surface area contributed by atoms with Crippen LogP contribution in [0.1, 0.15) is 0 Å². The molecule has 0 saturated carbocycles. The van der Waals surface area contributed by atoms with Gasteiger partial charge in [0, 0.05) is 5.57 Å². The number of carbonyl (C=O) groups excluding carboxylic acids is 1. The molecule has 0 spiro atoms. The van der Waals surface area contributed by atoms with E-state index in [1.54, 1.807) is 24.3 Å². The van der Waals surface area contributed by atoms with Gasteiger partial charge < -0.3 is 0 Å². The average Bonchev–Trinajstić information content (AvgIpc) is 2.13. The van der Waals surface area contributed by atoms with Crippen molar-refractivity contribution in [3.8, 4) is 0 Å². The average molecular weight is 118 g/mol. The predicted molar refractivity (Wildman–Crippen MR) is 35.9 cm³/mol. The number of allylic oxidation sites excluding steroid dienone is 5. The van der Waals surface area contributed by atoms with Gasteiger partial charge in [-0.3, -0.25) is 4.79 Å². The second kappa shape index (κ2) is 2.85. The van der Waals surface area contributed by atoms with Gasteiger partial charge in [-0.25, -0.2) is 0 Å². The van der Waals surface area contributed by atoms with E-state index in [-0.39, 0.29) is 0 Å². The van der Waals surface area contributed by atoms with Gasteiger partial charge in [0.25, 0.3) is 0 Å². The van der Waals surface area contributed by atoms with Crippen LogP contribution in [0.4, 0.5) is 0 Å². The van der Waals surface area contributed by atoms with E-state index in [2.05, 4.69) is 5.73 Å². The standard InChI is InChI=1S/C8H6O/c9-7-8-5-3-1-2-4-6-8/h1-3,5-7H. The fourth-order valence-electron chi connectivity index (χ4n) is 0.544. The molecule has 1 nitrogen and oxygen atoms in total. The first-order chi connectivity index (χ1) is 4.43. The fourth-order valence-corrected chi connectivity index (χ4v) is 0.544. The lowest BCUT2D eigenvalue weighted by Gasteiger charge is -1.78. The molecule has 44 valence electrons. The molecule has 0 unspecified atom stereocenters. The Hall–Kier alpha value is -1.33. The Labute approximate surface area is 53.7 Å². The zero-order valence-corrected chi connectivity index (χ0v) is 4.87. The summed E-state index contributed by atoms with van der Waals surface area (Å²) in [6.45, 7) is 0. The summed E-state index contributed by atoms with van der Waals surface area (Å²) in [5, 5.41) is 0. The topological polar surface area (TPSA) is 17.1 Å². The number of hydrogen-bond acceptors (Lipinski definition) is 1. The van der Waals surface area contributed by atoms with Crippen molar-refractivity contribution in [2.24, 2.45) is 0 Å². The van der Waals surface area contributed by atoms with Crippen LogP contribution in [0, 0.1) is 0 Å². The largest absolute Gasteiger partial charge is 0.298 e. The molecule has 0 heterocycles. The molecular formula is C8H6O. The summed E-state index contributed by atoms with van der Waals surface area (Å²) in [6, 6.07) is 0. The van der Waals surface area contributed by atoms with Crippen LogP contribution in [0.25, 0.3) is 0 Å². The van der Waals surface area contributed by atoms with Crippen LogP contribution >= 0.6 is 0 Å². The smallest absolute Gasteiger partial charge is 0.150 e. The third-order valence-corrected chi connectivity index (χ3v) is 0.978. The van der Waals surface area contributed by atoms with Crippen LogP contribution in [-0.2, 0) is 4.79 Å². The summed E-state index contributed by atoms with van der Waals surface area (Å²) in [4.78, 5) is 10.1. The minimum Gasteiger partial charge on any atom is -0.298 e. The van der Waals surface area contributed by atoms with E-state index in [4.69, 9.17) is 0 Å². The van der Waals surface area contributed by atoms with E-state index in [1.807, 2.05) is 6.08 Å². The molecule has 0 aromatic rings. The molecule has 1 aliphatic rings. The molecule has 0 aromatic carbocycles. The highest BCUT2D eigenvalue weighted by atomic mass is 16.1. The molecule has 1 rings (SSSR count). The first-order valence-electron chi connectivity index (χ1n) is 2.68. The molecule has 1 heteroatoms. The van der Waals surface area contributed by atoms with Gasteiger partial charge in [-0.1, -0.05) is 18.2 Å². The number of hydrogen-bond donors (Lipinski definition) is 0. The maximum atomic E-state index is 10.1. The van der Waals surface area contributed by atoms with Gasteiger partial charge in [0.1, 0.15) is 0 Å². The molecule has 0 aromatic heterocycles. The van der Waals surface area contributed by atoms with E-state index in [0.717, 1.165) is 6.29 Å². The Balaban J connectivity index is 2.95. The number of carbonyl (C=O) groups is 1. The second-order valence-electron chi connectivity index (χ2n) is 1.65. The summed E-state index contributed by atoms with van der Waals surface area (Å²) in [6.07, 6.45) is 9.58. The van der Waals surface area contributed by atoms with Crippen molar-refractivity contribution in [1.82, 2.24) is 0 Å². The van der Waals surface area contributed by atoms with Crippen molar-refractivity contribution in [2.75, 3.05) is 0 Å². The van der Waals surface area contributed by atoms with Gasteiger partial charge in [-0.05, 0) is 12.2 Å². The first kappa shape index (κ1) is 5.80. The van der Waals surface area contributed by atoms with Gasteiger partial charge in [0.2, 0.25) is 0 Å². The van der Waals surface area contributed by atoms with Gasteiger partial charge in [0.05, 0.1) is 0 Å². The van der Waals surface area contributed by atoms with Crippen LogP contribution in [0.3, 0.4) is 0 Å². The monoisotopic (exact) mass is 118 g/mol. The van der Waals surface area contributed by atoms with Gasteiger partial charge >= 0.3 is 0 Å². The van der Waals surface area contributed by atoms with E-state index >= 15 is 0 Å². The summed E-state index contributed by atoms with van der Waals surface area (Å²) < 4.78 is 0. The third-order valence-electron chi connectivity index (χ3n) is 0.978. The SMILES string of the molecule is O=CC1=CC=CC=C=C1. The molecule has 0 saturated heterocycles. The first-order valence-corrected chi connectivity index (χ1v) is 2.68. The van der Waals surface area contributed by atoms with E-state index < -0.39 is 0 Å². The van der Waals surface area contributed by atoms with Crippen molar-refractivity contribution < 1.29 is 4.79 Å². The summed E-state index contributed by atoms with van der Waals surface area (Å²) in [5.74, 6) is 0. The van der Waals surface area contributed by atoms with Crippen LogP contribution in [-0.4, -0.2) is 6.29 Å². The lowest BCUT2D eigenvalue weighted by atomic mass is 10.3. The Morgan fingerprint density at radius 1 is 1.44 bits per heavy atom. The van der Waals surface area contributed by atoms with Gasteiger partial charge in [0.15, 0.2) is 6.29 Å². The lowest BCUT2D eigenvalue weighted by Crippen LogP contribution is -1.73. The normalized spacial score (nSPS) is 14.9. The van der Waals surface area contributed by atoms with Crippen LogP contribution in [0.15, 0.2) is 41.7 Å². The van der Waals surface area contributed by atoms with Crippen LogP contribution < -0.4 is 0 Å². The summed E-state index contributed by atoms with van der Waals surface area (Å²) in [7, 11) is 0. The van der Waals surface area contributed by atoms with Crippen molar-refractivity contribution in [3.63, 3.8) is 0 Å². The zero-order valence-electron chi connectivity index (χ0n) is 4.87. The number of aldehydes is 1. The highest BCUT2D eigenvalue weighted by Gasteiger charge is 1.84. The van der Waals surface area contributed by atoms with Crippen molar-refractivity contribution in [3.05, 3.63) is 41.7 Å². The van der Waals surface area contributed by atoms with Crippen molar-refractivity contribution >= 4 is 6.29 Å². The maximum absolute atomic E-state index is 10.1. The number of rotatable bonds is 1. The highest BCUT2D eigenvalue weighted by molar-refractivity contribution is 5.78. The van der Waals surface area contributed by atoms with E-state index in [0.29, 0.717) is 5.57 Å². The zero-order chi connectivity index (χ0) is 6.53. The third kappa shape index (κ3) is 1.56. The molecule has 0 amide bonds. The molecule has 1 aliphatic carbocycles. The summed E-state index contributed by atoms with van der Waals surface area (Å²) in [5.41, 5.74) is 3.46. The maximum Gasteiger partial charge on any atom is 0.150 e. The molecule has 0 bridgehead atoms. The minimum atomic E-state index is 0.653. The molecular weight excluding hydrogens is 112 g/mol. The Morgan fingerprint density at radius 2 is 2.33 bits per heavy atom. The molecule has 0 N–H and O–H groups in total. The highest BCUT2D eigenvalue weighted by Crippen LogP contribution is 1.95. The van der Waals surface area contributed by atoms with E-state index in [1.165, 1.54) is 0 Å². The van der Waals surface area contributed by atoms with Gasteiger partial charge in [-0.2, -0.15) is 0 Å².